The highest BCUT2D eigenvalue weighted by atomic mass is 16.6. The van der Waals surface area contributed by atoms with Crippen LogP contribution in [0.4, 0.5) is 0 Å². The molecule has 0 amide bonds. The molecule has 0 unspecified atom stereocenters. The predicted molar refractivity (Wildman–Crippen MR) is 88.0 cm³/mol. The standard InChI is InChI=1S/C19H24O8/c1-7-12(21)18-6-17(7,26)4-3-9(18)19-5-8(20)13(22)16(2,15(25)27-19)11(19)10(18)14(23)24/h8-13,20-22,26H,1,3-6H2,2H3,(H,23,24)/t8-,9+,10+,11+,12+,13-,16-,17-,18+,19+/m0/s1. The van der Waals surface area contributed by atoms with Gasteiger partial charge in [-0.2, -0.15) is 0 Å². The Kier molecular flexibility index (Phi) is 2.98. The fraction of sp³-hybridized carbons (Fsp3) is 0.789. The second-order valence-corrected chi connectivity index (χ2v) is 9.48. The summed E-state index contributed by atoms with van der Waals surface area (Å²) >= 11 is 0. The van der Waals surface area contributed by atoms with E-state index >= 15 is 0 Å². The van der Waals surface area contributed by atoms with E-state index in [1.54, 1.807) is 0 Å². The molecule has 10 atom stereocenters. The monoisotopic (exact) mass is 380 g/mol. The van der Waals surface area contributed by atoms with Gasteiger partial charge in [-0.05, 0) is 31.8 Å². The lowest BCUT2D eigenvalue weighted by Crippen LogP contribution is -2.59. The average molecular weight is 380 g/mol. The number of hydrogen-bond acceptors (Lipinski definition) is 7. The van der Waals surface area contributed by atoms with Crippen LogP contribution < -0.4 is 0 Å². The fourth-order valence-electron chi connectivity index (χ4n) is 7.74. The number of aliphatic carboxylic acids is 1. The van der Waals surface area contributed by atoms with Crippen LogP contribution in [-0.4, -0.2) is 67.0 Å². The van der Waals surface area contributed by atoms with Crippen molar-refractivity contribution < 1.29 is 39.9 Å². The summed E-state index contributed by atoms with van der Waals surface area (Å²) in [5.41, 5.74) is -5.25. The van der Waals surface area contributed by atoms with Crippen LogP contribution in [0.1, 0.15) is 32.6 Å². The topological polar surface area (TPSA) is 145 Å². The third-order valence-electron chi connectivity index (χ3n) is 8.70. The Labute approximate surface area is 155 Å². The van der Waals surface area contributed by atoms with Gasteiger partial charge in [0.15, 0.2) is 0 Å². The van der Waals surface area contributed by atoms with Crippen molar-refractivity contribution in [1.82, 2.24) is 0 Å². The SMILES string of the molecule is C=C1[C@@H](O)[C@]23C[C@@]1(O)CC[C@H]2[C@@]12C[C@H](O)[C@H](O)[C@@](C)(C(=O)O1)[C@H]2[C@@H]3C(=O)O. The van der Waals surface area contributed by atoms with Gasteiger partial charge in [-0.1, -0.05) is 6.58 Å². The summed E-state index contributed by atoms with van der Waals surface area (Å²) in [5, 5.41) is 53.3. The highest BCUT2D eigenvalue weighted by Gasteiger charge is 2.87. The number of rotatable bonds is 1. The number of aliphatic hydroxyl groups excluding tert-OH is 3. The van der Waals surface area contributed by atoms with Gasteiger partial charge in [-0.15, -0.1) is 0 Å². The fourth-order valence-corrected chi connectivity index (χ4v) is 7.74. The Balaban J connectivity index is 1.80. The maximum absolute atomic E-state index is 12.8. The zero-order valence-corrected chi connectivity index (χ0v) is 15.0. The maximum Gasteiger partial charge on any atom is 0.315 e. The van der Waals surface area contributed by atoms with Crippen LogP contribution in [0, 0.1) is 28.6 Å². The van der Waals surface area contributed by atoms with E-state index < -0.39 is 70.0 Å². The van der Waals surface area contributed by atoms with Gasteiger partial charge in [-0.3, -0.25) is 9.59 Å². The first kappa shape index (κ1) is 17.6. The van der Waals surface area contributed by atoms with Gasteiger partial charge in [0.2, 0.25) is 0 Å². The molecule has 5 fully saturated rings. The van der Waals surface area contributed by atoms with Crippen LogP contribution in [0.2, 0.25) is 0 Å². The van der Waals surface area contributed by atoms with E-state index in [4.69, 9.17) is 4.74 Å². The van der Waals surface area contributed by atoms with Crippen molar-refractivity contribution >= 4 is 11.9 Å². The Morgan fingerprint density at radius 2 is 1.96 bits per heavy atom. The maximum atomic E-state index is 12.8. The molecule has 1 spiro atoms. The molecule has 148 valence electrons. The van der Waals surface area contributed by atoms with Crippen LogP contribution in [-0.2, 0) is 14.3 Å². The lowest BCUT2D eigenvalue weighted by molar-refractivity contribution is -0.169. The molecule has 0 aromatic rings. The lowest BCUT2D eigenvalue weighted by Gasteiger charge is -2.47. The Hall–Kier alpha value is -1.48. The molecule has 5 rings (SSSR count). The van der Waals surface area contributed by atoms with E-state index in [0.29, 0.717) is 6.42 Å². The van der Waals surface area contributed by atoms with Crippen LogP contribution in [0.3, 0.4) is 0 Å². The molecule has 8 heteroatoms. The summed E-state index contributed by atoms with van der Waals surface area (Å²) in [6.45, 7) is 5.28. The largest absolute Gasteiger partial charge is 0.481 e. The molecular formula is C19H24O8. The molecule has 5 aliphatic rings. The van der Waals surface area contributed by atoms with E-state index in [9.17, 15) is 35.1 Å². The first-order chi connectivity index (χ1) is 12.5. The second kappa shape index (κ2) is 4.56. The van der Waals surface area contributed by atoms with E-state index in [2.05, 4.69) is 6.58 Å². The molecule has 0 aromatic heterocycles. The quantitative estimate of drug-likeness (QED) is 0.293. The molecule has 0 radical (unpaired) electrons. The van der Waals surface area contributed by atoms with Gasteiger partial charge in [0.25, 0.3) is 0 Å². The molecule has 4 saturated carbocycles. The van der Waals surface area contributed by atoms with Gasteiger partial charge in [0.05, 0.1) is 29.8 Å². The van der Waals surface area contributed by atoms with Crippen LogP contribution in [0.15, 0.2) is 12.2 Å². The molecule has 1 heterocycles. The van der Waals surface area contributed by atoms with Gasteiger partial charge in [0.1, 0.15) is 11.0 Å². The average Bonchev–Trinajstić information content (AvgIpc) is 3.00. The molecule has 1 saturated heterocycles. The van der Waals surface area contributed by atoms with Crippen molar-refractivity contribution in [3.05, 3.63) is 12.2 Å². The zero-order valence-electron chi connectivity index (χ0n) is 15.0. The van der Waals surface area contributed by atoms with Crippen molar-refractivity contribution in [2.24, 2.45) is 28.6 Å². The molecule has 4 aliphatic carbocycles. The summed E-state index contributed by atoms with van der Waals surface area (Å²) in [4.78, 5) is 25.3. The van der Waals surface area contributed by atoms with E-state index in [-0.39, 0.29) is 24.8 Å². The molecule has 0 aromatic carbocycles. The van der Waals surface area contributed by atoms with Crippen LogP contribution >= 0.6 is 0 Å². The molecule has 27 heavy (non-hydrogen) atoms. The molecule has 1 aliphatic heterocycles. The smallest absolute Gasteiger partial charge is 0.315 e. The van der Waals surface area contributed by atoms with E-state index in [1.807, 2.05) is 0 Å². The van der Waals surface area contributed by atoms with E-state index in [0.717, 1.165) is 0 Å². The number of carbonyl (C=O) groups excluding carboxylic acids is 1. The lowest BCUT2D eigenvalue weighted by atomic mass is 9.58. The van der Waals surface area contributed by atoms with Crippen molar-refractivity contribution in [3.63, 3.8) is 0 Å². The van der Waals surface area contributed by atoms with Gasteiger partial charge >= 0.3 is 11.9 Å². The first-order valence-electron chi connectivity index (χ1n) is 9.39. The Morgan fingerprint density at radius 1 is 1.30 bits per heavy atom. The minimum absolute atomic E-state index is 0.0275. The summed E-state index contributed by atoms with van der Waals surface area (Å²) in [5.74, 6) is -4.55. The number of fused-ring (bicyclic) bond motifs is 1. The Morgan fingerprint density at radius 3 is 2.59 bits per heavy atom. The summed E-state index contributed by atoms with van der Waals surface area (Å²) in [6, 6.07) is 0. The highest BCUT2D eigenvalue weighted by molar-refractivity contribution is 5.85. The number of carbonyl (C=O) groups is 2. The van der Waals surface area contributed by atoms with Crippen molar-refractivity contribution in [2.45, 2.75) is 62.1 Å². The minimum atomic E-state index is -1.59. The third-order valence-corrected chi connectivity index (χ3v) is 8.70. The number of hydrogen-bond donors (Lipinski definition) is 5. The Bertz CT molecular complexity index is 795. The predicted octanol–water partition coefficient (Wildman–Crippen LogP) is -0.807. The number of carboxylic acid groups (broad SMARTS) is 1. The van der Waals surface area contributed by atoms with Crippen molar-refractivity contribution in [2.75, 3.05) is 0 Å². The van der Waals surface area contributed by atoms with Gasteiger partial charge < -0.3 is 30.3 Å². The summed E-state index contributed by atoms with van der Waals surface area (Å²) in [7, 11) is 0. The van der Waals surface area contributed by atoms with Crippen LogP contribution in [0.5, 0.6) is 0 Å². The van der Waals surface area contributed by atoms with Gasteiger partial charge in [0, 0.05) is 23.7 Å². The molecule has 8 nitrogen and oxygen atoms in total. The molecular weight excluding hydrogens is 356 g/mol. The number of ether oxygens (including phenoxy) is 1. The first-order valence-corrected chi connectivity index (χ1v) is 9.39. The van der Waals surface area contributed by atoms with Crippen LogP contribution in [0.25, 0.3) is 0 Å². The van der Waals surface area contributed by atoms with Gasteiger partial charge in [-0.25, -0.2) is 0 Å². The number of carboxylic acids is 1. The number of esters is 1. The normalized spacial score (nSPS) is 60.8. The van der Waals surface area contributed by atoms with Crippen molar-refractivity contribution in [3.8, 4) is 0 Å². The molecule has 5 N–H and O–H groups in total. The zero-order chi connectivity index (χ0) is 19.7. The van der Waals surface area contributed by atoms with Crippen molar-refractivity contribution in [1.29, 1.82) is 0 Å². The summed E-state index contributed by atoms with van der Waals surface area (Å²) < 4.78 is 5.81. The third kappa shape index (κ3) is 1.52. The highest BCUT2D eigenvalue weighted by Crippen LogP contribution is 2.78. The van der Waals surface area contributed by atoms with E-state index in [1.165, 1.54) is 6.92 Å². The minimum Gasteiger partial charge on any atom is -0.481 e. The second-order valence-electron chi connectivity index (χ2n) is 9.48. The molecule has 4 bridgehead atoms. The number of aliphatic hydroxyl groups is 4. The summed E-state index contributed by atoms with van der Waals surface area (Å²) in [6.07, 6.45) is -3.36.